The number of carbonyl (C=O) groups is 2. The number of rotatable bonds is 8. The van der Waals surface area contributed by atoms with Crippen LogP contribution in [0.3, 0.4) is 0 Å². The molecule has 12 nitrogen and oxygen atoms in total. The smallest absolute Gasteiger partial charge is 0.246 e. The highest BCUT2D eigenvalue weighted by atomic mass is 19.1. The van der Waals surface area contributed by atoms with Crippen LogP contribution in [0.15, 0.2) is 49.4 Å². The SMILES string of the molecule is C=CC(=O)N1CC(C(=O)N2CCc3c(C)c(-c4cc(OC(CO)c5ccc(F)cn5)c5c(OC)cnn5c4)nn3CC2)C1. The molecule has 4 aromatic heterocycles. The molecule has 4 aromatic rings. The molecule has 224 valence electrons. The summed E-state index contributed by atoms with van der Waals surface area (Å²) in [5.74, 6) is 0.111. The maximum atomic E-state index is 13.5. The predicted octanol–water partition coefficient (Wildman–Crippen LogP) is 2.19. The molecule has 2 aliphatic heterocycles. The number of amides is 2. The summed E-state index contributed by atoms with van der Waals surface area (Å²) in [7, 11) is 1.53. The third-order valence-corrected chi connectivity index (χ3v) is 8.10. The highest BCUT2D eigenvalue weighted by molar-refractivity contribution is 5.90. The number of aliphatic hydroxyl groups is 1. The molecule has 6 heterocycles. The van der Waals surface area contributed by atoms with Crippen LogP contribution in [0, 0.1) is 18.7 Å². The van der Waals surface area contributed by atoms with Gasteiger partial charge < -0.3 is 24.4 Å². The van der Waals surface area contributed by atoms with Crippen molar-refractivity contribution < 1.29 is 28.6 Å². The van der Waals surface area contributed by atoms with Gasteiger partial charge in [-0.1, -0.05) is 6.58 Å². The van der Waals surface area contributed by atoms with Crippen LogP contribution in [0.5, 0.6) is 11.5 Å². The second kappa shape index (κ2) is 11.5. The number of pyridine rings is 2. The molecule has 1 N–H and O–H groups in total. The Kier molecular flexibility index (Phi) is 7.57. The molecule has 13 heteroatoms. The summed E-state index contributed by atoms with van der Waals surface area (Å²) >= 11 is 0. The minimum atomic E-state index is -0.861. The molecule has 2 amide bonds. The quantitative estimate of drug-likeness (QED) is 0.310. The van der Waals surface area contributed by atoms with E-state index in [2.05, 4.69) is 16.7 Å². The number of likely N-dealkylation sites (tertiary alicyclic amines) is 1. The molecule has 1 fully saturated rings. The molecule has 1 atom stereocenters. The highest BCUT2D eigenvalue weighted by Crippen LogP contribution is 2.37. The maximum absolute atomic E-state index is 13.5. The lowest BCUT2D eigenvalue weighted by Crippen LogP contribution is -2.56. The first kappa shape index (κ1) is 28.3. The summed E-state index contributed by atoms with van der Waals surface area (Å²) < 4.78 is 28.8. The number of fused-ring (bicyclic) bond motifs is 2. The lowest BCUT2D eigenvalue weighted by Gasteiger charge is -2.39. The van der Waals surface area contributed by atoms with Crippen LogP contribution in [0.4, 0.5) is 4.39 Å². The van der Waals surface area contributed by atoms with Gasteiger partial charge in [-0.05, 0) is 36.8 Å². The Balaban J connectivity index is 1.26. The van der Waals surface area contributed by atoms with Crippen molar-refractivity contribution >= 4 is 17.3 Å². The third-order valence-electron chi connectivity index (χ3n) is 8.10. The minimum absolute atomic E-state index is 0.0608. The van der Waals surface area contributed by atoms with Crippen molar-refractivity contribution in [3.05, 3.63) is 72.2 Å². The molecule has 43 heavy (non-hydrogen) atoms. The number of aromatic nitrogens is 5. The first-order valence-electron chi connectivity index (χ1n) is 14.0. The predicted molar refractivity (Wildman–Crippen MR) is 153 cm³/mol. The zero-order valence-electron chi connectivity index (χ0n) is 23.9. The number of aliphatic hydroxyl groups excluding tert-OH is 1. The van der Waals surface area contributed by atoms with E-state index in [0.29, 0.717) is 61.9 Å². The number of halogens is 1. The van der Waals surface area contributed by atoms with E-state index in [9.17, 15) is 19.1 Å². The van der Waals surface area contributed by atoms with Crippen molar-refractivity contribution in [2.75, 3.05) is 39.9 Å². The average molecular weight is 590 g/mol. The fourth-order valence-corrected chi connectivity index (χ4v) is 5.70. The molecule has 0 saturated carbocycles. The Morgan fingerprint density at radius 3 is 2.70 bits per heavy atom. The number of ether oxygens (including phenoxy) is 2. The molecule has 1 unspecified atom stereocenters. The van der Waals surface area contributed by atoms with E-state index < -0.39 is 11.9 Å². The molecule has 0 spiro atoms. The topological polar surface area (TPSA) is 127 Å². The van der Waals surface area contributed by atoms with Gasteiger partial charge in [0.1, 0.15) is 5.82 Å². The molecule has 0 aromatic carbocycles. The van der Waals surface area contributed by atoms with E-state index in [1.807, 2.05) is 28.8 Å². The molecule has 1 saturated heterocycles. The zero-order valence-corrected chi connectivity index (χ0v) is 23.9. The van der Waals surface area contributed by atoms with Gasteiger partial charge in [0.15, 0.2) is 23.1 Å². The maximum Gasteiger partial charge on any atom is 0.246 e. The Bertz CT molecular complexity index is 1690. The standard InChI is InChI=1S/C30H32FN7O5/c1-4-27(40)36-14-20(15-36)30(41)35-8-7-23-18(2)28(34-37(23)10-9-35)19-11-24(29-25(42-3)13-33-38(29)16-19)43-26(17-39)22-6-5-21(31)12-32-22/h4-6,11-13,16,20,26,39H,1,7-10,14-15,17H2,2-3H3. The van der Waals surface area contributed by atoms with Crippen molar-refractivity contribution in [2.45, 2.75) is 26.0 Å². The van der Waals surface area contributed by atoms with Crippen molar-refractivity contribution in [1.82, 2.24) is 34.2 Å². The van der Waals surface area contributed by atoms with E-state index in [1.165, 1.54) is 25.3 Å². The number of hydrogen-bond donors (Lipinski definition) is 1. The molecule has 0 radical (unpaired) electrons. The van der Waals surface area contributed by atoms with Crippen LogP contribution in [0.1, 0.15) is 23.1 Å². The van der Waals surface area contributed by atoms with Crippen LogP contribution in [-0.2, 0) is 22.6 Å². The summed E-state index contributed by atoms with van der Waals surface area (Å²) in [5.41, 5.74) is 4.43. The van der Waals surface area contributed by atoms with Gasteiger partial charge in [0, 0.05) is 50.1 Å². The number of methoxy groups -OCH3 is 1. The van der Waals surface area contributed by atoms with Gasteiger partial charge in [0.25, 0.3) is 0 Å². The Hall–Kier alpha value is -4.78. The summed E-state index contributed by atoms with van der Waals surface area (Å²) in [4.78, 5) is 32.5. The van der Waals surface area contributed by atoms with E-state index >= 15 is 0 Å². The first-order valence-corrected chi connectivity index (χ1v) is 14.0. The number of nitrogens with zero attached hydrogens (tertiary/aromatic N) is 7. The molecular weight excluding hydrogens is 557 g/mol. The van der Waals surface area contributed by atoms with Crippen LogP contribution < -0.4 is 9.47 Å². The normalized spacial score (nSPS) is 15.9. The van der Waals surface area contributed by atoms with Crippen LogP contribution in [0.2, 0.25) is 0 Å². The second-order valence-corrected chi connectivity index (χ2v) is 10.7. The lowest BCUT2D eigenvalue weighted by atomic mass is 9.98. The van der Waals surface area contributed by atoms with E-state index in [4.69, 9.17) is 14.6 Å². The molecule has 0 bridgehead atoms. The van der Waals surface area contributed by atoms with Crippen LogP contribution >= 0.6 is 0 Å². The lowest BCUT2D eigenvalue weighted by molar-refractivity contribution is -0.146. The number of carbonyl (C=O) groups excluding carboxylic acids is 2. The average Bonchev–Trinajstić information content (AvgIpc) is 3.47. The van der Waals surface area contributed by atoms with Gasteiger partial charge in [-0.25, -0.2) is 8.91 Å². The van der Waals surface area contributed by atoms with E-state index in [0.717, 1.165) is 28.7 Å². The van der Waals surface area contributed by atoms with Crippen molar-refractivity contribution in [3.63, 3.8) is 0 Å². The van der Waals surface area contributed by atoms with Crippen molar-refractivity contribution in [1.29, 1.82) is 0 Å². The van der Waals surface area contributed by atoms with Crippen LogP contribution in [0.25, 0.3) is 16.8 Å². The minimum Gasteiger partial charge on any atom is -0.493 e. The van der Waals surface area contributed by atoms with Gasteiger partial charge >= 0.3 is 0 Å². The summed E-state index contributed by atoms with van der Waals surface area (Å²) in [6.45, 7) is 7.59. The van der Waals surface area contributed by atoms with Crippen molar-refractivity contribution in [3.8, 4) is 22.8 Å². The molecule has 0 aliphatic carbocycles. The Labute approximate surface area is 246 Å². The fourth-order valence-electron chi connectivity index (χ4n) is 5.70. The van der Waals surface area contributed by atoms with Gasteiger partial charge in [0.2, 0.25) is 11.8 Å². The van der Waals surface area contributed by atoms with E-state index in [1.54, 1.807) is 15.6 Å². The van der Waals surface area contributed by atoms with Crippen molar-refractivity contribution in [2.24, 2.45) is 5.92 Å². The Morgan fingerprint density at radius 2 is 2.00 bits per heavy atom. The molecule has 6 rings (SSSR count). The summed E-state index contributed by atoms with van der Waals surface area (Å²) in [5, 5.41) is 19.5. The van der Waals surface area contributed by atoms with Gasteiger partial charge in [-0.15, -0.1) is 0 Å². The monoisotopic (exact) mass is 589 g/mol. The van der Waals surface area contributed by atoms with E-state index in [-0.39, 0.29) is 24.3 Å². The zero-order chi connectivity index (χ0) is 30.2. The third kappa shape index (κ3) is 5.20. The van der Waals surface area contributed by atoms with Gasteiger partial charge in [-0.3, -0.25) is 19.3 Å². The Morgan fingerprint density at radius 1 is 1.19 bits per heavy atom. The van der Waals surface area contributed by atoms with Gasteiger partial charge in [-0.2, -0.15) is 10.2 Å². The molecule has 2 aliphatic rings. The highest BCUT2D eigenvalue weighted by Gasteiger charge is 2.37. The fraction of sp³-hybridized carbons (Fsp3) is 0.367. The van der Waals surface area contributed by atoms with Gasteiger partial charge in [0.05, 0.1) is 50.0 Å². The summed E-state index contributed by atoms with van der Waals surface area (Å²) in [6, 6.07) is 4.56. The summed E-state index contributed by atoms with van der Waals surface area (Å²) in [6.07, 6.45) is 5.54. The second-order valence-electron chi connectivity index (χ2n) is 10.7. The largest absolute Gasteiger partial charge is 0.493 e. The number of hydrogen-bond acceptors (Lipinski definition) is 8. The first-order chi connectivity index (χ1) is 20.8. The van der Waals surface area contributed by atoms with Crippen LogP contribution in [-0.4, -0.2) is 91.0 Å². The molecular formula is C30H32FN7O5.